The number of pyridine rings is 1. The van der Waals surface area contributed by atoms with E-state index in [0.29, 0.717) is 5.56 Å². The summed E-state index contributed by atoms with van der Waals surface area (Å²) in [6.07, 6.45) is 2.54. The van der Waals surface area contributed by atoms with Crippen molar-refractivity contribution < 1.29 is 4.79 Å². The summed E-state index contributed by atoms with van der Waals surface area (Å²) in [6, 6.07) is 3.08. The smallest absolute Gasteiger partial charge is 0.269 e. The van der Waals surface area contributed by atoms with Gasteiger partial charge in [0, 0.05) is 18.8 Å². The lowest BCUT2D eigenvalue weighted by molar-refractivity contribution is 0.0958. The van der Waals surface area contributed by atoms with E-state index >= 15 is 0 Å². The monoisotopic (exact) mass is 232 g/mol. The highest BCUT2D eigenvalue weighted by Crippen LogP contribution is 2.00. The third-order valence-corrected chi connectivity index (χ3v) is 1.87. The molecular weight excluding hydrogens is 220 g/mol. The molecule has 0 aliphatic carbocycles. The predicted molar refractivity (Wildman–Crippen MR) is 64.9 cm³/mol. The van der Waals surface area contributed by atoms with Gasteiger partial charge < -0.3 is 11.1 Å². The number of carbonyl (C=O) groups is 1. The van der Waals surface area contributed by atoms with Crippen molar-refractivity contribution in [2.75, 3.05) is 7.05 Å². The summed E-state index contributed by atoms with van der Waals surface area (Å²) in [7, 11) is 1.51. The van der Waals surface area contributed by atoms with Gasteiger partial charge >= 0.3 is 0 Å². The fraction of sp³-hybridized carbons (Fsp3) is 0.100. The van der Waals surface area contributed by atoms with Gasteiger partial charge in [0.15, 0.2) is 0 Å². The number of hydrogen-bond acceptors (Lipinski definition) is 4. The largest absolute Gasteiger partial charge is 0.368 e. The molecule has 1 aromatic heterocycles. The Morgan fingerprint density at radius 3 is 2.71 bits per heavy atom. The number of nitrogens with zero attached hydrogens (tertiary/aromatic N) is 2. The summed E-state index contributed by atoms with van der Waals surface area (Å²) < 4.78 is 0. The highest BCUT2D eigenvalue weighted by atomic mass is 16.1. The molecule has 0 unspecified atom stereocenters. The van der Waals surface area contributed by atoms with E-state index in [-0.39, 0.29) is 23.3 Å². The van der Waals surface area contributed by atoms with E-state index < -0.39 is 0 Å². The number of aromatic nitrogens is 1. The Morgan fingerprint density at radius 1 is 1.53 bits per heavy atom. The molecule has 0 spiro atoms. The molecule has 17 heavy (non-hydrogen) atoms. The minimum atomic E-state index is -0.371. The number of guanidine groups is 1. The third-order valence-electron chi connectivity index (χ3n) is 1.87. The van der Waals surface area contributed by atoms with Crippen LogP contribution in [-0.4, -0.2) is 35.8 Å². The van der Waals surface area contributed by atoms with Gasteiger partial charge in [-0.15, -0.1) is 0 Å². The standard InChI is InChI=1S/C10H12N6O/c1-14-9(17)8-3-2-6(4-15-8)7(11)5-16-10(12)13/h2-5,11H,1H3,(H3,12,13)(H,14,17). The average Bonchev–Trinajstić information content (AvgIpc) is 2.35. The van der Waals surface area contributed by atoms with Crippen molar-refractivity contribution in [1.82, 2.24) is 10.3 Å². The van der Waals surface area contributed by atoms with Gasteiger partial charge in [-0.25, -0.2) is 4.99 Å². The number of nitrogens with one attached hydrogen (secondary N) is 3. The van der Waals surface area contributed by atoms with Crippen molar-refractivity contribution in [2.45, 2.75) is 0 Å². The lowest BCUT2D eigenvalue weighted by Gasteiger charge is -2.00. The Morgan fingerprint density at radius 2 is 2.24 bits per heavy atom. The molecule has 1 amide bonds. The fourth-order valence-electron chi connectivity index (χ4n) is 1.02. The molecule has 0 aromatic carbocycles. The fourth-order valence-corrected chi connectivity index (χ4v) is 1.02. The zero-order valence-corrected chi connectivity index (χ0v) is 9.19. The van der Waals surface area contributed by atoms with Crippen molar-refractivity contribution in [2.24, 2.45) is 10.7 Å². The van der Waals surface area contributed by atoms with E-state index in [1.165, 1.54) is 19.3 Å². The van der Waals surface area contributed by atoms with E-state index in [2.05, 4.69) is 15.3 Å². The van der Waals surface area contributed by atoms with E-state index in [1.54, 1.807) is 6.07 Å². The Balaban J connectivity index is 2.84. The van der Waals surface area contributed by atoms with Gasteiger partial charge in [-0.1, -0.05) is 0 Å². The topological polar surface area (TPSA) is 128 Å². The lowest BCUT2D eigenvalue weighted by Crippen LogP contribution is -2.19. The Hall–Kier alpha value is -2.57. The second-order valence-corrected chi connectivity index (χ2v) is 3.07. The second-order valence-electron chi connectivity index (χ2n) is 3.07. The highest BCUT2D eigenvalue weighted by Gasteiger charge is 2.05. The molecule has 0 saturated heterocycles. The van der Waals surface area contributed by atoms with Crippen molar-refractivity contribution in [3.8, 4) is 0 Å². The third kappa shape index (κ3) is 3.49. The van der Waals surface area contributed by atoms with Crippen LogP contribution in [0.4, 0.5) is 0 Å². The van der Waals surface area contributed by atoms with Crippen LogP contribution in [0.25, 0.3) is 0 Å². The van der Waals surface area contributed by atoms with Crippen molar-refractivity contribution in [1.29, 1.82) is 10.8 Å². The summed E-state index contributed by atoms with van der Waals surface area (Å²) >= 11 is 0. The summed E-state index contributed by atoms with van der Waals surface area (Å²) in [5, 5.41) is 16.9. The van der Waals surface area contributed by atoms with Crippen molar-refractivity contribution in [3.05, 3.63) is 29.6 Å². The molecule has 0 saturated carbocycles. The number of amides is 1. The van der Waals surface area contributed by atoms with Gasteiger partial charge in [0.1, 0.15) is 5.69 Å². The molecule has 0 bridgehead atoms. The number of rotatable bonds is 3. The van der Waals surface area contributed by atoms with Crippen LogP contribution in [0.3, 0.4) is 0 Å². The van der Waals surface area contributed by atoms with Gasteiger partial charge in [-0.05, 0) is 12.1 Å². The zero-order valence-electron chi connectivity index (χ0n) is 9.19. The number of hydrogen-bond donors (Lipinski definition) is 4. The first kappa shape index (κ1) is 12.5. The van der Waals surface area contributed by atoms with Crippen LogP contribution >= 0.6 is 0 Å². The van der Waals surface area contributed by atoms with Gasteiger partial charge in [0.2, 0.25) is 5.96 Å². The maximum absolute atomic E-state index is 11.2. The van der Waals surface area contributed by atoms with E-state index in [1.807, 2.05) is 0 Å². The number of nitrogens with two attached hydrogens (primary N) is 1. The first-order valence-corrected chi connectivity index (χ1v) is 4.69. The minimum absolute atomic E-state index is 0.0659. The molecule has 1 aromatic rings. The van der Waals surface area contributed by atoms with Gasteiger partial charge in [-0.3, -0.25) is 20.6 Å². The average molecular weight is 232 g/mol. The van der Waals surface area contributed by atoms with E-state index in [9.17, 15) is 4.79 Å². The Labute approximate surface area is 97.8 Å². The van der Waals surface area contributed by atoms with Crippen LogP contribution in [0.5, 0.6) is 0 Å². The van der Waals surface area contributed by atoms with Gasteiger partial charge in [0.05, 0.1) is 11.9 Å². The first-order chi connectivity index (χ1) is 8.04. The molecule has 0 aliphatic rings. The SMILES string of the molecule is CNC(=O)c1ccc(C(=N)C=NC(=N)N)cn1. The molecule has 1 rings (SSSR count). The summed E-state index contributed by atoms with van der Waals surface area (Å²) in [6.45, 7) is 0. The summed E-state index contributed by atoms with van der Waals surface area (Å²) in [5.41, 5.74) is 5.85. The Bertz CT molecular complexity index is 476. The molecule has 5 N–H and O–H groups in total. The van der Waals surface area contributed by atoms with Gasteiger partial charge in [0.25, 0.3) is 5.91 Å². The Kier molecular flexibility index (Phi) is 4.04. The molecule has 7 heteroatoms. The van der Waals surface area contributed by atoms with Gasteiger partial charge in [-0.2, -0.15) is 0 Å². The molecule has 0 aliphatic heterocycles. The van der Waals surface area contributed by atoms with Crippen LogP contribution in [0.1, 0.15) is 16.1 Å². The number of aliphatic imine (C=N–C) groups is 1. The van der Waals surface area contributed by atoms with Crippen LogP contribution in [-0.2, 0) is 0 Å². The minimum Gasteiger partial charge on any atom is -0.368 e. The highest BCUT2D eigenvalue weighted by molar-refractivity contribution is 6.37. The first-order valence-electron chi connectivity index (χ1n) is 4.69. The van der Waals surface area contributed by atoms with Crippen LogP contribution in [0.15, 0.2) is 23.3 Å². The summed E-state index contributed by atoms with van der Waals surface area (Å²) in [5.74, 6) is -0.662. The molecule has 0 fully saturated rings. The molecule has 0 atom stereocenters. The molecule has 7 nitrogen and oxygen atoms in total. The number of carbonyl (C=O) groups excluding carboxylic acids is 1. The van der Waals surface area contributed by atoms with E-state index in [4.69, 9.17) is 16.6 Å². The molecule has 1 heterocycles. The summed E-state index contributed by atoms with van der Waals surface area (Å²) in [4.78, 5) is 18.6. The van der Waals surface area contributed by atoms with Crippen molar-refractivity contribution in [3.63, 3.8) is 0 Å². The lowest BCUT2D eigenvalue weighted by atomic mass is 10.2. The molecule has 0 radical (unpaired) electrons. The maximum atomic E-state index is 11.2. The second kappa shape index (κ2) is 5.50. The molecule has 88 valence electrons. The zero-order chi connectivity index (χ0) is 12.8. The normalized spacial score (nSPS) is 10.2. The quantitative estimate of drug-likeness (QED) is 0.424. The van der Waals surface area contributed by atoms with Crippen LogP contribution in [0, 0.1) is 10.8 Å². The van der Waals surface area contributed by atoms with Crippen molar-refractivity contribution >= 4 is 23.8 Å². The molecular formula is C10H12N6O. The van der Waals surface area contributed by atoms with Crippen LogP contribution in [0.2, 0.25) is 0 Å². The van der Waals surface area contributed by atoms with E-state index in [0.717, 1.165) is 6.21 Å². The predicted octanol–water partition coefficient (Wildman–Crippen LogP) is -0.227. The maximum Gasteiger partial charge on any atom is 0.269 e. The van der Waals surface area contributed by atoms with Crippen LogP contribution < -0.4 is 11.1 Å².